The van der Waals surface area contributed by atoms with Crippen molar-refractivity contribution in [2.45, 2.75) is 63.1 Å². The standard InChI is InChI=1S/C15H24N2O4/c1-15(4-5-21-9-15)16-14(20)17-11-2-3-12(17)7-10(6-11)8-13(18)19/h10-12H,2-9H2,1H3,(H,16,20)(H,18,19). The van der Waals surface area contributed by atoms with E-state index in [2.05, 4.69) is 5.32 Å². The summed E-state index contributed by atoms with van der Waals surface area (Å²) in [6.07, 6.45) is 4.73. The lowest BCUT2D eigenvalue weighted by Gasteiger charge is -2.40. The number of aliphatic carboxylic acids is 1. The number of hydrogen-bond acceptors (Lipinski definition) is 3. The number of rotatable bonds is 3. The summed E-state index contributed by atoms with van der Waals surface area (Å²) in [6.45, 7) is 3.30. The Labute approximate surface area is 124 Å². The van der Waals surface area contributed by atoms with Gasteiger partial charge in [0.2, 0.25) is 0 Å². The van der Waals surface area contributed by atoms with Gasteiger partial charge in [-0.25, -0.2) is 4.79 Å². The number of ether oxygens (including phenoxy) is 1. The first kappa shape index (κ1) is 14.6. The third kappa shape index (κ3) is 3.00. The van der Waals surface area contributed by atoms with Gasteiger partial charge in [-0.2, -0.15) is 0 Å². The van der Waals surface area contributed by atoms with Gasteiger partial charge in [0.05, 0.1) is 12.1 Å². The quantitative estimate of drug-likeness (QED) is 0.829. The SMILES string of the molecule is CC1(NC(=O)N2C3CCC2CC(CC(=O)O)C3)CCOC1. The molecule has 0 aromatic carbocycles. The molecule has 0 aromatic rings. The zero-order valence-corrected chi connectivity index (χ0v) is 12.5. The summed E-state index contributed by atoms with van der Waals surface area (Å²) in [6, 6.07) is 0.419. The number of piperidine rings is 1. The zero-order chi connectivity index (χ0) is 15.0. The van der Waals surface area contributed by atoms with E-state index < -0.39 is 5.97 Å². The molecule has 3 heterocycles. The first-order valence-corrected chi connectivity index (χ1v) is 7.87. The van der Waals surface area contributed by atoms with Gasteiger partial charge in [-0.3, -0.25) is 4.79 Å². The highest BCUT2D eigenvalue weighted by Gasteiger charge is 2.45. The Morgan fingerprint density at radius 1 is 1.33 bits per heavy atom. The predicted octanol–water partition coefficient (Wildman–Crippen LogP) is 1.59. The maximum atomic E-state index is 12.6. The first-order valence-electron chi connectivity index (χ1n) is 7.87. The average molecular weight is 296 g/mol. The van der Waals surface area contributed by atoms with E-state index in [-0.39, 0.29) is 36.0 Å². The summed E-state index contributed by atoms with van der Waals surface area (Å²) < 4.78 is 5.38. The molecule has 3 aliphatic rings. The van der Waals surface area contributed by atoms with Gasteiger partial charge >= 0.3 is 12.0 Å². The van der Waals surface area contributed by atoms with E-state index in [9.17, 15) is 9.59 Å². The van der Waals surface area contributed by atoms with E-state index in [0.717, 1.165) is 32.1 Å². The normalized spacial score (nSPS) is 38.5. The van der Waals surface area contributed by atoms with Crippen molar-refractivity contribution in [2.75, 3.05) is 13.2 Å². The fourth-order valence-electron chi connectivity index (χ4n) is 4.12. The summed E-state index contributed by atoms with van der Waals surface area (Å²) >= 11 is 0. The third-order valence-electron chi connectivity index (χ3n) is 5.16. The first-order chi connectivity index (χ1) is 9.97. The van der Waals surface area contributed by atoms with Crippen LogP contribution in [-0.2, 0) is 9.53 Å². The Morgan fingerprint density at radius 2 is 2.00 bits per heavy atom. The summed E-state index contributed by atoms with van der Waals surface area (Å²) in [4.78, 5) is 25.4. The largest absolute Gasteiger partial charge is 0.481 e. The molecule has 3 atom stereocenters. The number of amides is 2. The van der Waals surface area contributed by atoms with Gasteiger partial charge in [0.25, 0.3) is 0 Å². The molecule has 0 aromatic heterocycles. The van der Waals surface area contributed by atoms with Crippen molar-refractivity contribution in [2.24, 2.45) is 5.92 Å². The molecule has 0 spiro atoms. The van der Waals surface area contributed by atoms with Gasteiger partial charge in [0.1, 0.15) is 0 Å². The van der Waals surface area contributed by atoms with Crippen molar-refractivity contribution in [3.63, 3.8) is 0 Å². The Morgan fingerprint density at radius 3 is 2.52 bits per heavy atom. The molecule has 21 heavy (non-hydrogen) atoms. The van der Waals surface area contributed by atoms with E-state index in [1.54, 1.807) is 0 Å². The Hall–Kier alpha value is -1.30. The molecule has 3 fully saturated rings. The van der Waals surface area contributed by atoms with Crippen LogP contribution in [0.3, 0.4) is 0 Å². The predicted molar refractivity (Wildman–Crippen MR) is 76.0 cm³/mol. The van der Waals surface area contributed by atoms with Crippen molar-refractivity contribution < 1.29 is 19.4 Å². The number of nitrogens with zero attached hydrogens (tertiary/aromatic N) is 1. The van der Waals surface area contributed by atoms with Crippen molar-refractivity contribution in [3.8, 4) is 0 Å². The number of fused-ring (bicyclic) bond motifs is 2. The average Bonchev–Trinajstić information content (AvgIpc) is 2.91. The summed E-state index contributed by atoms with van der Waals surface area (Å²) in [5.74, 6) is -0.512. The minimum Gasteiger partial charge on any atom is -0.481 e. The molecular weight excluding hydrogens is 272 g/mol. The summed E-state index contributed by atoms with van der Waals surface area (Å²) in [7, 11) is 0. The van der Waals surface area contributed by atoms with Gasteiger partial charge in [0, 0.05) is 25.1 Å². The molecule has 2 bridgehead atoms. The number of carbonyl (C=O) groups is 2. The number of carboxylic acid groups (broad SMARTS) is 1. The molecule has 0 saturated carbocycles. The molecule has 6 nitrogen and oxygen atoms in total. The fourth-order valence-corrected chi connectivity index (χ4v) is 4.12. The Balaban J connectivity index is 1.62. The second-order valence-electron chi connectivity index (χ2n) is 7.02. The maximum absolute atomic E-state index is 12.6. The molecular formula is C15H24N2O4. The van der Waals surface area contributed by atoms with Crippen LogP contribution in [0.15, 0.2) is 0 Å². The van der Waals surface area contributed by atoms with Gasteiger partial charge in [0.15, 0.2) is 0 Å². The van der Waals surface area contributed by atoms with Crippen LogP contribution in [-0.4, -0.2) is 52.8 Å². The highest BCUT2D eigenvalue weighted by molar-refractivity contribution is 5.76. The molecule has 6 heteroatoms. The molecule has 0 aliphatic carbocycles. The molecule has 2 amide bonds. The van der Waals surface area contributed by atoms with Crippen LogP contribution in [0.25, 0.3) is 0 Å². The van der Waals surface area contributed by atoms with Crippen molar-refractivity contribution in [1.29, 1.82) is 0 Å². The summed E-state index contributed by atoms with van der Waals surface area (Å²) in [5.41, 5.74) is -0.256. The monoisotopic (exact) mass is 296 g/mol. The fraction of sp³-hybridized carbons (Fsp3) is 0.867. The van der Waals surface area contributed by atoms with Crippen LogP contribution < -0.4 is 5.32 Å². The lowest BCUT2D eigenvalue weighted by molar-refractivity contribution is -0.138. The molecule has 0 radical (unpaired) electrons. The minimum atomic E-state index is -0.729. The Bertz CT molecular complexity index is 419. The topological polar surface area (TPSA) is 78.9 Å². The third-order valence-corrected chi connectivity index (χ3v) is 5.16. The smallest absolute Gasteiger partial charge is 0.318 e. The molecule has 2 N–H and O–H groups in total. The van der Waals surface area contributed by atoms with Gasteiger partial charge in [-0.05, 0) is 44.9 Å². The molecule has 118 valence electrons. The van der Waals surface area contributed by atoms with E-state index in [1.165, 1.54) is 0 Å². The maximum Gasteiger partial charge on any atom is 0.318 e. The summed E-state index contributed by atoms with van der Waals surface area (Å²) in [5, 5.41) is 12.1. The lowest BCUT2D eigenvalue weighted by Crippen LogP contribution is -2.57. The van der Waals surface area contributed by atoms with E-state index in [0.29, 0.717) is 13.2 Å². The highest BCUT2D eigenvalue weighted by Crippen LogP contribution is 2.40. The second kappa shape index (κ2) is 5.48. The van der Waals surface area contributed by atoms with Crippen molar-refractivity contribution in [1.82, 2.24) is 10.2 Å². The van der Waals surface area contributed by atoms with Crippen LogP contribution in [0, 0.1) is 5.92 Å². The van der Waals surface area contributed by atoms with Crippen LogP contribution in [0.4, 0.5) is 4.79 Å². The number of carbonyl (C=O) groups excluding carboxylic acids is 1. The molecule has 3 unspecified atom stereocenters. The van der Waals surface area contributed by atoms with Crippen molar-refractivity contribution in [3.05, 3.63) is 0 Å². The molecule has 3 rings (SSSR count). The van der Waals surface area contributed by atoms with Gasteiger partial charge in [-0.1, -0.05) is 0 Å². The van der Waals surface area contributed by atoms with E-state index in [1.807, 2.05) is 11.8 Å². The van der Waals surface area contributed by atoms with Crippen molar-refractivity contribution >= 4 is 12.0 Å². The second-order valence-corrected chi connectivity index (χ2v) is 7.02. The number of carboxylic acids is 1. The number of urea groups is 1. The number of hydrogen-bond donors (Lipinski definition) is 2. The lowest BCUT2D eigenvalue weighted by atomic mass is 9.88. The van der Waals surface area contributed by atoms with Crippen LogP contribution >= 0.6 is 0 Å². The van der Waals surface area contributed by atoms with Crippen LogP contribution in [0.5, 0.6) is 0 Å². The minimum absolute atomic E-state index is 0.00396. The van der Waals surface area contributed by atoms with E-state index >= 15 is 0 Å². The molecule has 3 saturated heterocycles. The van der Waals surface area contributed by atoms with E-state index in [4.69, 9.17) is 9.84 Å². The van der Waals surface area contributed by atoms with Crippen LogP contribution in [0.2, 0.25) is 0 Å². The highest BCUT2D eigenvalue weighted by atomic mass is 16.5. The molecule has 3 aliphatic heterocycles. The zero-order valence-electron chi connectivity index (χ0n) is 12.5. The van der Waals surface area contributed by atoms with Crippen LogP contribution in [0.1, 0.15) is 45.4 Å². The Kier molecular flexibility index (Phi) is 3.82. The van der Waals surface area contributed by atoms with Gasteiger partial charge in [-0.15, -0.1) is 0 Å². The van der Waals surface area contributed by atoms with Gasteiger partial charge < -0.3 is 20.1 Å². The number of nitrogens with one attached hydrogen (secondary N) is 1.